The molecular weight excluding hydrogens is 418 g/mol. The second kappa shape index (κ2) is 8.33. The number of amides is 1. The van der Waals surface area contributed by atoms with E-state index in [4.69, 9.17) is 0 Å². The summed E-state index contributed by atoms with van der Waals surface area (Å²) >= 11 is 0. The van der Waals surface area contributed by atoms with Crippen LogP contribution in [0.15, 0.2) is 47.4 Å². The summed E-state index contributed by atoms with van der Waals surface area (Å²) in [6.07, 6.45) is 10.4. The maximum Gasteiger partial charge on any atom is 0.258 e. The van der Waals surface area contributed by atoms with E-state index < -0.39 is 9.84 Å². The maximum absolute atomic E-state index is 13.7. The zero-order valence-corrected chi connectivity index (χ0v) is 19.8. The molecule has 0 atom stereocenters. The lowest BCUT2D eigenvalue weighted by molar-refractivity contribution is 0.0982. The predicted octanol–water partition coefficient (Wildman–Crippen LogP) is 5.96. The van der Waals surface area contributed by atoms with Gasteiger partial charge in [0.15, 0.2) is 9.84 Å². The van der Waals surface area contributed by atoms with E-state index in [-0.39, 0.29) is 16.6 Å². The molecule has 2 aromatic rings. The number of aryl methyl sites for hydroxylation is 1. The molecular formula is C27H33NO3S. The smallest absolute Gasteiger partial charge is 0.258 e. The summed E-state index contributed by atoms with van der Waals surface area (Å²) in [5.41, 5.74) is 4.05. The molecule has 2 aliphatic carbocycles. The molecule has 3 aliphatic rings. The Balaban J connectivity index is 1.48. The van der Waals surface area contributed by atoms with Crippen LogP contribution in [-0.4, -0.2) is 26.1 Å². The van der Waals surface area contributed by atoms with Crippen LogP contribution >= 0.6 is 0 Å². The number of benzene rings is 2. The lowest BCUT2D eigenvalue weighted by Gasteiger charge is -2.34. The fraction of sp³-hybridized carbons (Fsp3) is 0.519. The Labute approximate surface area is 191 Å². The Hall–Kier alpha value is -2.14. The van der Waals surface area contributed by atoms with E-state index in [2.05, 4.69) is 25.1 Å². The molecule has 2 fully saturated rings. The zero-order valence-electron chi connectivity index (χ0n) is 19.0. The van der Waals surface area contributed by atoms with Gasteiger partial charge in [0.05, 0.1) is 10.1 Å². The number of rotatable bonds is 3. The van der Waals surface area contributed by atoms with Gasteiger partial charge in [0, 0.05) is 23.2 Å². The van der Waals surface area contributed by atoms with E-state index in [1.807, 2.05) is 4.90 Å². The van der Waals surface area contributed by atoms with E-state index in [1.165, 1.54) is 30.4 Å². The van der Waals surface area contributed by atoms with Gasteiger partial charge in [0.1, 0.15) is 0 Å². The Morgan fingerprint density at radius 1 is 0.938 bits per heavy atom. The molecule has 4 nitrogen and oxygen atoms in total. The largest absolute Gasteiger partial charge is 0.307 e. The maximum atomic E-state index is 13.7. The molecule has 1 spiro atoms. The summed E-state index contributed by atoms with van der Waals surface area (Å²) in [6, 6.07) is 13.2. The van der Waals surface area contributed by atoms with Crippen LogP contribution in [0.3, 0.4) is 0 Å². The zero-order chi connectivity index (χ0) is 22.3. The number of hydrogen-bond acceptors (Lipinski definition) is 3. The first-order valence-electron chi connectivity index (χ1n) is 12.2. The quantitative estimate of drug-likeness (QED) is 0.578. The highest BCUT2D eigenvalue weighted by atomic mass is 32.2. The Kier molecular flexibility index (Phi) is 5.65. The first-order valence-corrected chi connectivity index (χ1v) is 13.7. The van der Waals surface area contributed by atoms with Gasteiger partial charge in [0.2, 0.25) is 0 Å². The summed E-state index contributed by atoms with van der Waals surface area (Å²) < 4.78 is 26.5. The van der Waals surface area contributed by atoms with Crippen molar-refractivity contribution >= 4 is 21.4 Å². The minimum Gasteiger partial charge on any atom is -0.307 e. The average molecular weight is 452 g/mol. The molecule has 0 aromatic heterocycles. The number of fused-ring (bicyclic) bond motifs is 2. The molecule has 2 saturated carbocycles. The van der Waals surface area contributed by atoms with Crippen LogP contribution in [0.25, 0.3) is 0 Å². The Bertz CT molecular complexity index is 1130. The number of anilines is 1. The third kappa shape index (κ3) is 3.68. The van der Waals surface area contributed by atoms with Gasteiger partial charge in [-0.1, -0.05) is 62.3 Å². The van der Waals surface area contributed by atoms with Gasteiger partial charge >= 0.3 is 0 Å². The third-order valence-corrected chi connectivity index (χ3v) is 10.2. The Morgan fingerprint density at radius 3 is 2.41 bits per heavy atom. The number of sulfone groups is 1. The molecule has 2 aromatic carbocycles. The number of carbonyl (C=O) groups excluding carboxylic acids is 1. The van der Waals surface area contributed by atoms with Crippen LogP contribution in [0.1, 0.15) is 85.7 Å². The summed E-state index contributed by atoms with van der Waals surface area (Å²) in [4.78, 5) is 15.9. The van der Waals surface area contributed by atoms with Crippen molar-refractivity contribution < 1.29 is 13.2 Å². The molecule has 0 unspecified atom stereocenters. The van der Waals surface area contributed by atoms with Gasteiger partial charge in [-0.25, -0.2) is 8.42 Å². The van der Waals surface area contributed by atoms with Crippen molar-refractivity contribution in [2.45, 2.75) is 86.7 Å². The van der Waals surface area contributed by atoms with Gasteiger partial charge in [-0.05, 0) is 62.4 Å². The summed E-state index contributed by atoms with van der Waals surface area (Å²) in [5.74, 6) is -0.0850. The molecule has 0 saturated heterocycles. The number of hydrogen-bond donors (Lipinski definition) is 0. The van der Waals surface area contributed by atoms with Crippen molar-refractivity contribution in [3.8, 4) is 0 Å². The summed E-state index contributed by atoms with van der Waals surface area (Å²) in [7, 11) is -3.41. The van der Waals surface area contributed by atoms with Crippen LogP contribution in [-0.2, 0) is 15.3 Å². The molecule has 0 bridgehead atoms. The van der Waals surface area contributed by atoms with Crippen molar-refractivity contribution in [2.24, 2.45) is 0 Å². The number of nitrogens with zero attached hydrogens (tertiary/aromatic N) is 1. The normalized spacial score (nSPS) is 21.0. The highest BCUT2D eigenvalue weighted by Crippen LogP contribution is 2.49. The minimum atomic E-state index is -3.41. The van der Waals surface area contributed by atoms with Crippen molar-refractivity contribution in [3.05, 3.63) is 59.2 Å². The predicted molar refractivity (Wildman–Crippen MR) is 128 cm³/mol. The summed E-state index contributed by atoms with van der Waals surface area (Å²) in [5, 5.41) is -0.317. The van der Waals surface area contributed by atoms with Gasteiger partial charge in [-0.3, -0.25) is 4.79 Å². The standard InChI is InChI=1S/C27H33NO3S/c1-20-13-14-25-24(17-20)27(15-6-3-7-16-27)19-28(25)26(29)21-9-8-12-23(18-21)32(30,31)22-10-4-2-5-11-22/h8-9,12-14,17-18,22H,2-7,10-11,15-16,19H2,1H3. The molecule has 1 amide bonds. The fourth-order valence-electron chi connectivity index (χ4n) is 6.15. The van der Waals surface area contributed by atoms with Crippen LogP contribution < -0.4 is 4.90 Å². The molecule has 32 heavy (non-hydrogen) atoms. The van der Waals surface area contributed by atoms with Gasteiger partial charge in [-0.15, -0.1) is 0 Å². The van der Waals surface area contributed by atoms with E-state index >= 15 is 0 Å². The lowest BCUT2D eigenvalue weighted by atomic mass is 9.70. The molecule has 170 valence electrons. The van der Waals surface area contributed by atoms with Gasteiger partial charge < -0.3 is 4.90 Å². The second-order valence-corrected chi connectivity index (χ2v) is 12.3. The fourth-order valence-corrected chi connectivity index (χ4v) is 8.05. The molecule has 1 aliphatic heterocycles. The van der Waals surface area contributed by atoms with Crippen molar-refractivity contribution in [1.29, 1.82) is 0 Å². The van der Waals surface area contributed by atoms with Gasteiger partial charge in [-0.2, -0.15) is 0 Å². The highest BCUT2D eigenvalue weighted by Gasteiger charge is 2.45. The van der Waals surface area contributed by atoms with E-state index in [0.29, 0.717) is 17.0 Å². The molecule has 0 radical (unpaired) electrons. The van der Waals surface area contributed by atoms with Crippen LogP contribution in [0, 0.1) is 6.92 Å². The van der Waals surface area contributed by atoms with Gasteiger partial charge in [0.25, 0.3) is 5.91 Å². The average Bonchev–Trinajstić information content (AvgIpc) is 3.12. The SMILES string of the molecule is Cc1ccc2c(c1)C1(CCCCC1)CN2C(=O)c1cccc(S(=O)(=O)C2CCCCC2)c1. The molecule has 5 rings (SSSR count). The first kappa shape index (κ1) is 21.7. The van der Waals surface area contributed by atoms with Crippen molar-refractivity contribution in [2.75, 3.05) is 11.4 Å². The monoisotopic (exact) mass is 451 g/mol. The molecule has 1 heterocycles. The first-order chi connectivity index (χ1) is 15.4. The highest BCUT2D eigenvalue weighted by molar-refractivity contribution is 7.92. The van der Waals surface area contributed by atoms with Crippen molar-refractivity contribution in [1.82, 2.24) is 0 Å². The minimum absolute atomic E-state index is 0.0427. The molecule has 0 N–H and O–H groups in total. The lowest BCUT2D eigenvalue weighted by Crippen LogP contribution is -2.38. The van der Waals surface area contributed by atoms with E-state index in [1.54, 1.807) is 24.3 Å². The molecule has 5 heteroatoms. The second-order valence-electron chi connectivity index (χ2n) is 10.1. The van der Waals surface area contributed by atoms with Crippen LogP contribution in [0.2, 0.25) is 0 Å². The number of carbonyl (C=O) groups is 1. The van der Waals surface area contributed by atoms with E-state index in [9.17, 15) is 13.2 Å². The Morgan fingerprint density at radius 2 is 1.66 bits per heavy atom. The van der Waals surface area contributed by atoms with E-state index in [0.717, 1.165) is 50.6 Å². The van der Waals surface area contributed by atoms with Crippen LogP contribution in [0.4, 0.5) is 5.69 Å². The van der Waals surface area contributed by atoms with Crippen molar-refractivity contribution in [3.63, 3.8) is 0 Å². The van der Waals surface area contributed by atoms with Crippen LogP contribution in [0.5, 0.6) is 0 Å². The third-order valence-electron chi connectivity index (χ3n) is 7.93. The topological polar surface area (TPSA) is 54.5 Å². The summed E-state index contributed by atoms with van der Waals surface area (Å²) in [6.45, 7) is 2.81.